The summed E-state index contributed by atoms with van der Waals surface area (Å²) in [6, 6.07) is 7.62. The van der Waals surface area contributed by atoms with E-state index in [1.807, 2.05) is 0 Å². The van der Waals surface area contributed by atoms with Crippen LogP contribution in [0.4, 0.5) is 11.4 Å². The number of ether oxygens (including phenoxy) is 1. The highest BCUT2D eigenvalue weighted by molar-refractivity contribution is 7.92. The van der Waals surface area contributed by atoms with Crippen molar-refractivity contribution in [2.45, 2.75) is 5.03 Å². The molecule has 6 nitrogen and oxygen atoms in total. The number of hydrogen-bond acceptors (Lipinski definition) is 5. The third-order valence-electron chi connectivity index (χ3n) is 2.47. The van der Waals surface area contributed by atoms with Gasteiger partial charge in [-0.1, -0.05) is 11.6 Å². The summed E-state index contributed by atoms with van der Waals surface area (Å²) in [5.41, 5.74) is 5.86. The number of rotatable bonds is 4. The van der Waals surface area contributed by atoms with Crippen LogP contribution in [0.1, 0.15) is 0 Å². The predicted molar refractivity (Wildman–Crippen MR) is 77.5 cm³/mol. The fourth-order valence-electron chi connectivity index (χ4n) is 1.53. The smallest absolute Gasteiger partial charge is 0.281 e. The van der Waals surface area contributed by atoms with E-state index in [0.717, 1.165) is 0 Å². The van der Waals surface area contributed by atoms with Gasteiger partial charge in [0.15, 0.2) is 5.03 Å². The number of nitrogens with two attached hydrogens (primary N) is 1. The Labute approximate surface area is 121 Å². The second-order valence-electron chi connectivity index (χ2n) is 3.85. The van der Waals surface area contributed by atoms with E-state index in [-0.39, 0.29) is 21.4 Å². The lowest BCUT2D eigenvalue weighted by Gasteiger charge is -2.11. The van der Waals surface area contributed by atoms with Crippen LogP contribution < -0.4 is 15.2 Å². The lowest BCUT2D eigenvalue weighted by atomic mass is 10.3. The largest absolute Gasteiger partial charge is 0.497 e. The molecule has 20 heavy (non-hydrogen) atoms. The van der Waals surface area contributed by atoms with E-state index in [4.69, 9.17) is 22.1 Å². The molecule has 0 fully saturated rings. The molecule has 2 rings (SSSR count). The zero-order valence-corrected chi connectivity index (χ0v) is 12.1. The summed E-state index contributed by atoms with van der Waals surface area (Å²) >= 11 is 5.95. The maximum absolute atomic E-state index is 12.2. The highest BCUT2D eigenvalue weighted by atomic mass is 35.5. The van der Waals surface area contributed by atoms with Crippen molar-refractivity contribution in [3.63, 3.8) is 0 Å². The van der Waals surface area contributed by atoms with E-state index < -0.39 is 10.0 Å². The first-order valence-electron chi connectivity index (χ1n) is 5.51. The van der Waals surface area contributed by atoms with Crippen LogP contribution in [0.5, 0.6) is 5.75 Å². The Balaban J connectivity index is 2.41. The number of nitrogens with zero attached hydrogens (tertiary/aromatic N) is 1. The fourth-order valence-corrected chi connectivity index (χ4v) is 2.88. The van der Waals surface area contributed by atoms with E-state index in [2.05, 4.69) is 9.71 Å². The van der Waals surface area contributed by atoms with Gasteiger partial charge in [-0.25, -0.2) is 4.98 Å². The SMILES string of the molecule is COc1ccc(Cl)c(NS(=O)(=O)c2ncccc2N)c1. The number of hydrogen-bond donors (Lipinski definition) is 2. The predicted octanol–water partition coefficient (Wildman–Crippen LogP) is 2.13. The van der Waals surface area contributed by atoms with Crippen molar-refractivity contribution < 1.29 is 13.2 Å². The van der Waals surface area contributed by atoms with Gasteiger partial charge in [-0.15, -0.1) is 0 Å². The Bertz CT molecular complexity index is 734. The highest BCUT2D eigenvalue weighted by Crippen LogP contribution is 2.29. The van der Waals surface area contributed by atoms with Crippen LogP contribution in [0.25, 0.3) is 0 Å². The molecule has 106 valence electrons. The molecule has 0 aliphatic heterocycles. The molecule has 0 saturated carbocycles. The van der Waals surface area contributed by atoms with E-state index in [1.165, 1.54) is 31.5 Å². The summed E-state index contributed by atoms with van der Waals surface area (Å²) in [6.45, 7) is 0. The van der Waals surface area contributed by atoms with Gasteiger partial charge in [-0.2, -0.15) is 8.42 Å². The van der Waals surface area contributed by atoms with Crippen molar-refractivity contribution in [1.29, 1.82) is 0 Å². The van der Waals surface area contributed by atoms with Crippen molar-refractivity contribution in [3.05, 3.63) is 41.6 Å². The summed E-state index contributed by atoms with van der Waals surface area (Å²) in [4.78, 5) is 3.77. The summed E-state index contributed by atoms with van der Waals surface area (Å²) < 4.78 is 31.8. The molecule has 3 N–H and O–H groups in total. The van der Waals surface area contributed by atoms with Gasteiger partial charge in [-0.05, 0) is 24.3 Å². The minimum Gasteiger partial charge on any atom is -0.497 e. The monoisotopic (exact) mass is 313 g/mol. The number of anilines is 2. The van der Waals surface area contributed by atoms with Gasteiger partial charge in [0, 0.05) is 12.3 Å². The topological polar surface area (TPSA) is 94.3 Å². The Hall–Kier alpha value is -1.99. The summed E-state index contributed by atoms with van der Waals surface area (Å²) in [7, 11) is -2.45. The van der Waals surface area contributed by atoms with Crippen LogP contribution in [0, 0.1) is 0 Å². The summed E-state index contributed by atoms with van der Waals surface area (Å²) in [6.07, 6.45) is 1.35. The number of nitrogen functional groups attached to an aromatic ring is 1. The molecule has 0 bridgehead atoms. The van der Waals surface area contributed by atoms with E-state index >= 15 is 0 Å². The van der Waals surface area contributed by atoms with Crippen molar-refractivity contribution in [2.24, 2.45) is 0 Å². The van der Waals surface area contributed by atoms with Gasteiger partial charge in [0.25, 0.3) is 10.0 Å². The summed E-state index contributed by atoms with van der Waals surface area (Å²) in [5, 5.41) is -0.0113. The third-order valence-corrected chi connectivity index (χ3v) is 4.14. The fraction of sp³-hybridized carbons (Fsp3) is 0.0833. The molecule has 0 radical (unpaired) electrons. The van der Waals surface area contributed by atoms with Crippen LogP contribution in [0.15, 0.2) is 41.6 Å². The zero-order chi connectivity index (χ0) is 14.8. The normalized spacial score (nSPS) is 11.1. The molecule has 0 aliphatic carbocycles. The van der Waals surface area contributed by atoms with Crippen LogP contribution in [-0.4, -0.2) is 20.5 Å². The Morgan fingerprint density at radius 1 is 1.35 bits per heavy atom. The molecule has 1 aromatic heterocycles. The first kappa shape index (κ1) is 14.4. The zero-order valence-electron chi connectivity index (χ0n) is 10.5. The number of methoxy groups -OCH3 is 1. The van der Waals surface area contributed by atoms with Gasteiger partial charge in [0.2, 0.25) is 0 Å². The standard InChI is InChI=1S/C12H12ClN3O3S/c1-19-8-4-5-9(13)11(7-8)16-20(17,18)12-10(14)3-2-6-15-12/h2-7,16H,14H2,1H3. The molecule has 0 atom stereocenters. The summed E-state index contributed by atoms with van der Waals surface area (Å²) in [5.74, 6) is 0.473. The Morgan fingerprint density at radius 2 is 2.10 bits per heavy atom. The number of nitrogens with one attached hydrogen (secondary N) is 1. The van der Waals surface area contributed by atoms with Gasteiger partial charge in [-0.3, -0.25) is 4.72 Å². The molecule has 1 heterocycles. The molecule has 2 aromatic rings. The lowest BCUT2D eigenvalue weighted by molar-refractivity contribution is 0.415. The molecule has 0 saturated heterocycles. The van der Waals surface area contributed by atoms with Gasteiger partial charge in [0.05, 0.1) is 23.5 Å². The molecular formula is C12H12ClN3O3S. The van der Waals surface area contributed by atoms with E-state index in [1.54, 1.807) is 12.1 Å². The maximum Gasteiger partial charge on any atom is 0.281 e. The quantitative estimate of drug-likeness (QED) is 0.901. The Morgan fingerprint density at radius 3 is 2.75 bits per heavy atom. The van der Waals surface area contributed by atoms with Gasteiger partial charge in [0.1, 0.15) is 5.75 Å². The van der Waals surface area contributed by atoms with Gasteiger partial charge < -0.3 is 10.5 Å². The molecule has 0 aliphatic rings. The third kappa shape index (κ3) is 2.94. The van der Waals surface area contributed by atoms with Crippen molar-refractivity contribution >= 4 is 33.0 Å². The number of halogens is 1. The molecule has 0 unspecified atom stereocenters. The lowest BCUT2D eigenvalue weighted by Crippen LogP contribution is -2.16. The van der Waals surface area contributed by atoms with Crippen molar-refractivity contribution in [2.75, 3.05) is 17.6 Å². The minimum absolute atomic E-state index is 0.0546. The van der Waals surface area contributed by atoms with Crippen molar-refractivity contribution in [1.82, 2.24) is 4.98 Å². The highest BCUT2D eigenvalue weighted by Gasteiger charge is 2.20. The molecule has 0 amide bonds. The van der Waals surface area contributed by atoms with Gasteiger partial charge >= 0.3 is 0 Å². The maximum atomic E-state index is 12.2. The molecule has 1 aromatic carbocycles. The number of aromatic nitrogens is 1. The minimum atomic E-state index is -3.92. The average molecular weight is 314 g/mol. The second kappa shape index (κ2) is 5.56. The van der Waals surface area contributed by atoms with Crippen molar-refractivity contribution in [3.8, 4) is 5.75 Å². The van der Waals surface area contributed by atoms with Crippen LogP contribution in [0.3, 0.4) is 0 Å². The van der Waals surface area contributed by atoms with Crippen LogP contribution in [-0.2, 0) is 10.0 Å². The molecular weight excluding hydrogens is 302 g/mol. The first-order chi connectivity index (χ1) is 9.44. The van der Waals surface area contributed by atoms with E-state index in [9.17, 15) is 8.42 Å². The Kier molecular flexibility index (Phi) is 4.01. The number of sulfonamides is 1. The van der Waals surface area contributed by atoms with E-state index in [0.29, 0.717) is 5.75 Å². The number of benzene rings is 1. The van der Waals surface area contributed by atoms with Crippen LogP contribution in [0.2, 0.25) is 5.02 Å². The van der Waals surface area contributed by atoms with Crippen LogP contribution >= 0.6 is 11.6 Å². The first-order valence-corrected chi connectivity index (χ1v) is 7.37. The molecule has 0 spiro atoms. The molecule has 8 heteroatoms. The number of pyridine rings is 1. The average Bonchev–Trinajstić information content (AvgIpc) is 2.41. The second-order valence-corrected chi connectivity index (χ2v) is 5.85.